The number of non-ortho nitro benzene ring substituents is 1. The van der Waals surface area contributed by atoms with Gasteiger partial charge in [0.15, 0.2) is 0 Å². The van der Waals surface area contributed by atoms with Crippen LogP contribution in [0.5, 0.6) is 0 Å². The molecule has 1 aromatic heterocycles. The van der Waals surface area contributed by atoms with Gasteiger partial charge in [0, 0.05) is 25.4 Å². The third-order valence-electron chi connectivity index (χ3n) is 3.38. The molecule has 1 aromatic carbocycles. The summed E-state index contributed by atoms with van der Waals surface area (Å²) in [5, 5.41) is 13.5. The normalized spacial score (nSPS) is 11.5. The molecule has 0 aliphatic carbocycles. The first-order valence-corrected chi connectivity index (χ1v) is 6.67. The Balaban J connectivity index is 2.11. The molecule has 114 valence electrons. The van der Waals surface area contributed by atoms with Crippen molar-refractivity contribution in [2.75, 3.05) is 12.4 Å². The van der Waals surface area contributed by atoms with Gasteiger partial charge in [-0.25, -0.2) is 4.79 Å². The van der Waals surface area contributed by atoms with Gasteiger partial charge < -0.3 is 10.2 Å². The Morgan fingerprint density at radius 2 is 2.14 bits per heavy atom. The molecule has 0 aliphatic heterocycles. The molecule has 2 amide bonds. The van der Waals surface area contributed by atoms with Gasteiger partial charge in [0.25, 0.3) is 5.69 Å². The number of hydrogen-bond acceptors (Lipinski definition) is 4. The number of nitro groups is 1. The van der Waals surface area contributed by atoms with Crippen molar-refractivity contribution in [3.8, 4) is 0 Å². The summed E-state index contributed by atoms with van der Waals surface area (Å²) in [6.07, 6.45) is 3.16. The first kappa shape index (κ1) is 15.4. The van der Waals surface area contributed by atoms with Crippen LogP contribution in [0.1, 0.15) is 18.5 Å². The lowest BCUT2D eigenvalue weighted by atomic mass is 10.1. The average Bonchev–Trinajstić information content (AvgIpc) is 2.54. The van der Waals surface area contributed by atoms with Crippen LogP contribution in [0.2, 0.25) is 0 Å². The van der Waals surface area contributed by atoms with E-state index in [-0.39, 0.29) is 17.8 Å². The van der Waals surface area contributed by atoms with Gasteiger partial charge in [0.2, 0.25) is 0 Å². The minimum Gasteiger partial charge on any atom is -0.321 e. The predicted octanol–water partition coefficient (Wildman–Crippen LogP) is 3.21. The number of carbonyl (C=O) groups is 1. The van der Waals surface area contributed by atoms with E-state index in [2.05, 4.69) is 10.3 Å². The van der Waals surface area contributed by atoms with Gasteiger partial charge in [-0.2, -0.15) is 0 Å². The number of pyridine rings is 1. The predicted molar refractivity (Wildman–Crippen MR) is 82.5 cm³/mol. The van der Waals surface area contributed by atoms with E-state index in [1.807, 2.05) is 6.92 Å². The van der Waals surface area contributed by atoms with Gasteiger partial charge >= 0.3 is 6.03 Å². The van der Waals surface area contributed by atoms with Crippen molar-refractivity contribution < 1.29 is 9.72 Å². The smallest absolute Gasteiger partial charge is 0.321 e. The Morgan fingerprint density at radius 1 is 1.36 bits per heavy atom. The molecular formula is C15H16N4O3. The molecule has 0 radical (unpaired) electrons. The maximum absolute atomic E-state index is 12.2. The minimum atomic E-state index is -0.452. The molecule has 0 bridgehead atoms. The van der Waals surface area contributed by atoms with Crippen molar-refractivity contribution >= 4 is 17.4 Å². The lowest BCUT2D eigenvalue weighted by Gasteiger charge is -2.25. The zero-order valence-electron chi connectivity index (χ0n) is 12.3. The third kappa shape index (κ3) is 3.57. The van der Waals surface area contributed by atoms with E-state index in [1.165, 1.54) is 17.0 Å². The molecule has 1 unspecified atom stereocenters. The first-order chi connectivity index (χ1) is 10.5. The summed E-state index contributed by atoms with van der Waals surface area (Å²) in [6, 6.07) is 9.09. The summed E-state index contributed by atoms with van der Waals surface area (Å²) in [5.41, 5.74) is 1.29. The second-order valence-corrected chi connectivity index (χ2v) is 4.81. The van der Waals surface area contributed by atoms with Crippen molar-refractivity contribution in [2.24, 2.45) is 0 Å². The number of nitro benzene ring substituents is 1. The number of hydrogen-bond donors (Lipinski definition) is 1. The molecule has 22 heavy (non-hydrogen) atoms. The lowest BCUT2D eigenvalue weighted by Crippen LogP contribution is -2.33. The van der Waals surface area contributed by atoms with Gasteiger partial charge in [-0.05, 0) is 24.6 Å². The van der Waals surface area contributed by atoms with Crippen LogP contribution in [-0.2, 0) is 0 Å². The monoisotopic (exact) mass is 300 g/mol. The van der Waals surface area contributed by atoms with Crippen LogP contribution in [0.15, 0.2) is 48.8 Å². The van der Waals surface area contributed by atoms with E-state index in [1.54, 1.807) is 43.7 Å². The van der Waals surface area contributed by atoms with Crippen LogP contribution in [0.4, 0.5) is 16.2 Å². The van der Waals surface area contributed by atoms with E-state index >= 15 is 0 Å². The van der Waals surface area contributed by atoms with Crippen LogP contribution in [0, 0.1) is 10.1 Å². The molecule has 0 saturated carbocycles. The van der Waals surface area contributed by atoms with Gasteiger partial charge in [-0.15, -0.1) is 0 Å². The van der Waals surface area contributed by atoms with Crippen molar-refractivity contribution in [1.29, 1.82) is 0 Å². The zero-order chi connectivity index (χ0) is 16.1. The molecule has 7 heteroatoms. The Kier molecular flexibility index (Phi) is 4.67. The number of aromatic nitrogens is 1. The number of benzene rings is 1. The number of nitrogens with zero attached hydrogens (tertiary/aromatic N) is 3. The quantitative estimate of drug-likeness (QED) is 0.693. The molecule has 0 aliphatic rings. The number of nitrogens with one attached hydrogen (secondary N) is 1. The third-order valence-corrected chi connectivity index (χ3v) is 3.38. The fourth-order valence-electron chi connectivity index (χ4n) is 1.95. The minimum absolute atomic E-state index is 0.00502. The van der Waals surface area contributed by atoms with E-state index < -0.39 is 4.92 Å². The summed E-state index contributed by atoms with van der Waals surface area (Å²) in [7, 11) is 1.63. The lowest BCUT2D eigenvalue weighted by molar-refractivity contribution is -0.384. The average molecular weight is 300 g/mol. The van der Waals surface area contributed by atoms with Crippen LogP contribution in [-0.4, -0.2) is 27.9 Å². The van der Waals surface area contributed by atoms with Crippen molar-refractivity contribution in [1.82, 2.24) is 9.88 Å². The second-order valence-electron chi connectivity index (χ2n) is 4.81. The summed E-state index contributed by atoms with van der Waals surface area (Å²) in [6.45, 7) is 1.81. The molecule has 0 spiro atoms. The van der Waals surface area contributed by atoms with Gasteiger partial charge in [-0.1, -0.05) is 12.1 Å². The molecule has 2 aromatic rings. The Hall–Kier alpha value is -2.96. The first-order valence-electron chi connectivity index (χ1n) is 6.67. The van der Waals surface area contributed by atoms with Crippen LogP contribution in [0.3, 0.4) is 0 Å². The number of anilines is 1. The van der Waals surface area contributed by atoms with E-state index in [9.17, 15) is 14.9 Å². The van der Waals surface area contributed by atoms with Gasteiger partial charge in [-0.3, -0.25) is 15.1 Å². The molecular weight excluding hydrogens is 284 g/mol. The maximum Gasteiger partial charge on any atom is 0.322 e. The Bertz CT molecular complexity index is 675. The summed E-state index contributed by atoms with van der Waals surface area (Å²) in [5.74, 6) is 0. The molecule has 0 saturated heterocycles. The number of rotatable bonds is 4. The molecule has 1 N–H and O–H groups in total. The molecule has 7 nitrogen and oxygen atoms in total. The highest BCUT2D eigenvalue weighted by Gasteiger charge is 2.19. The maximum atomic E-state index is 12.2. The molecule has 1 heterocycles. The zero-order valence-corrected chi connectivity index (χ0v) is 12.3. The van der Waals surface area contributed by atoms with Crippen LogP contribution in [0.25, 0.3) is 0 Å². The molecule has 1 atom stereocenters. The van der Waals surface area contributed by atoms with E-state index in [4.69, 9.17) is 0 Å². The number of amides is 2. The standard InChI is InChI=1S/C15H16N4O3/c1-11(12-5-3-7-14(9-12)19(21)22)18(2)15(20)17-13-6-4-8-16-10-13/h3-11H,1-2H3,(H,17,20). The van der Waals surface area contributed by atoms with E-state index in [0.29, 0.717) is 11.3 Å². The SMILES string of the molecule is CC(c1cccc([N+](=O)[O-])c1)N(C)C(=O)Nc1cccnc1. The summed E-state index contributed by atoms with van der Waals surface area (Å²) < 4.78 is 0. The highest BCUT2D eigenvalue weighted by Crippen LogP contribution is 2.23. The highest BCUT2D eigenvalue weighted by atomic mass is 16.6. The Labute approximate surface area is 127 Å². The van der Waals surface area contributed by atoms with Crippen molar-refractivity contribution in [3.05, 3.63) is 64.5 Å². The summed E-state index contributed by atoms with van der Waals surface area (Å²) >= 11 is 0. The molecule has 0 fully saturated rings. The van der Waals surface area contributed by atoms with Gasteiger partial charge in [0.05, 0.1) is 22.8 Å². The largest absolute Gasteiger partial charge is 0.322 e. The fraction of sp³-hybridized carbons (Fsp3) is 0.200. The van der Waals surface area contributed by atoms with Crippen molar-refractivity contribution in [3.63, 3.8) is 0 Å². The molecule has 2 rings (SSSR count). The number of urea groups is 1. The second kappa shape index (κ2) is 6.66. The fourth-order valence-corrected chi connectivity index (χ4v) is 1.95. The van der Waals surface area contributed by atoms with Crippen LogP contribution >= 0.6 is 0 Å². The Morgan fingerprint density at radius 3 is 2.77 bits per heavy atom. The number of carbonyl (C=O) groups excluding carboxylic acids is 1. The van der Waals surface area contributed by atoms with Crippen molar-refractivity contribution in [2.45, 2.75) is 13.0 Å². The van der Waals surface area contributed by atoms with E-state index in [0.717, 1.165) is 0 Å². The van der Waals surface area contributed by atoms with Gasteiger partial charge in [0.1, 0.15) is 0 Å². The highest BCUT2D eigenvalue weighted by molar-refractivity contribution is 5.89. The van der Waals surface area contributed by atoms with Crippen LogP contribution < -0.4 is 5.32 Å². The topological polar surface area (TPSA) is 88.4 Å². The summed E-state index contributed by atoms with van der Waals surface area (Å²) in [4.78, 5) is 28.0.